The van der Waals surface area contributed by atoms with Crippen LogP contribution in [0, 0.1) is 5.92 Å². The van der Waals surface area contributed by atoms with Crippen LogP contribution in [-0.4, -0.2) is 53.3 Å². The van der Waals surface area contributed by atoms with Crippen molar-refractivity contribution in [2.75, 3.05) is 19.8 Å². The Morgan fingerprint density at radius 2 is 1.85 bits per heavy atom. The van der Waals surface area contributed by atoms with Gasteiger partial charge >= 0.3 is 12.0 Å². The molecule has 1 unspecified atom stereocenters. The Labute approximate surface area is 121 Å². The first-order valence-corrected chi connectivity index (χ1v) is 7.07. The number of hydrogen-bond donors (Lipinski definition) is 2. The van der Waals surface area contributed by atoms with Crippen molar-refractivity contribution < 1.29 is 19.4 Å². The third-order valence-electron chi connectivity index (χ3n) is 3.37. The SMILES string of the molecule is CCOCC(NC(=O)N(CC)C(C)(C)C(=O)O)C(C)C. The average molecular weight is 288 g/mol. The van der Waals surface area contributed by atoms with Crippen LogP contribution in [0.15, 0.2) is 0 Å². The van der Waals surface area contributed by atoms with Gasteiger partial charge in [0.1, 0.15) is 5.54 Å². The van der Waals surface area contributed by atoms with Gasteiger partial charge in [0, 0.05) is 13.2 Å². The van der Waals surface area contributed by atoms with Crippen molar-refractivity contribution in [1.82, 2.24) is 10.2 Å². The molecule has 0 aromatic rings. The van der Waals surface area contributed by atoms with E-state index in [2.05, 4.69) is 5.32 Å². The van der Waals surface area contributed by atoms with E-state index in [1.165, 1.54) is 18.7 Å². The monoisotopic (exact) mass is 288 g/mol. The fraction of sp³-hybridized carbons (Fsp3) is 0.857. The van der Waals surface area contributed by atoms with E-state index in [4.69, 9.17) is 4.74 Å². The van der Waals surface area contributed by atoms with Gasteiger partial charge in [-0.25, -0.2) is 9.59 Å². The van der Waals surface area contributed by atoms with E-state index in [9.17, 15) is 14.7 Å². The highest BCUT2D eigenvalue weighted by Crippen LogP contribution is 2.15. The number of aliphatic carboxylic acids is 1. The molecule has 0 radical (unpaired) electrons. The molecule has 0 spiro atoms. The predicted molar refractivity (Wildman–Crippen MR) is 77.7 cm³/mol. The van der Waals surface area contributed by atoms with Gasteiger partial charge in [-0.3, -0.25) is 0 Å². The Morgan fingerprint density at radius 3 is 2.20 bits per heavy atom. The maximum Gasteiger partial charge on any atom is 0.329 e. The summed E-state index contributed by atoms with van der Waals surface area (Å²) in [6.07, 6.45) is 0. The van der Waals surface area contributed by atoms with Crippen LogP contribution in [0.5, 0.6) is 0 Å². The van der Waals surface area contributed by atoms with E-state index in [0.29, 0.717) is 19.8 Å². The van der Waals surface area contributed by atoms with Gasteiger partial charge in [-0.05, 0) is 33.6 Å². The van der Waals surface area contributed by atoms with E-state index in [-0.39, 0.29) is 18.0 Å². The number of nitrogens with one attached hydrogen (secondary N) is 1. The van der Waals surface area contributed by atoms with Crippen LogP contribution in [0.4, 0.5) is 4.79 Å². The predicted octanol–water partition coefficient (Wildman–Crippen LogP) is 1.94. The summed E-state index contributed by atoms with van der Waals surface area (Å²) in [6.45, 7) is 12.0. The van der Waals surface area contributed by atoms with Crippen LogP contribution in [0.25, 0.3) is 0 Å². The Balaban J connectivity index is 4.88. The molecule has 1 atom stereocenters. The zero-order chi connectivity index (χ0) is 15.9. The van der Waals surface area contributed by atoms with Crippen molar-refractivity contribution in [3.8, 4) is 0 Å². The second-order valence-corrected chi connectivity index (χ2v) is 5.57. The molecule has 0 aromatic carbocycles. The van der Waals surface area contributed by atoms with Crippen LogP contribution < -0.4 is 5.32 Å². The lowest BCUT2D eigenvalue weighted by Crippen LogP contribution is -2.58. The van der Waals surface area contributed by atoms with Crippen LogP contribution in [0.3, 0.4) is 0 Å². The molecule has 2 N–H and O–H groups in total. The van der Waals surface area contributed by atoms with E-state index in [0.717, 1.165) is 0 Å². The van der Waals surface area contributed by atoms with Gasteiger partial charge < -0.3 is 20.1 Å². The number of carboxylic acids is 1. The molecule has 0 fully saturated rings. The lowest BCUT2D eigenvalue weighted by molar-refractivity contribution is -0.147. The maximum atomic E-state index is 12.3. The molecule has 0 aliphatic rings. The van der Waals surface area contributed by atoms with Gasteiger partial charge in [0.2, 0.25) is 0 Å². The summed E-state index contributed by atoms with van der Waals surface area (Å²) in [7, 11) is 0. The number of nitrogens with zero attached hydrogens (tertiary/aromatic N) is 1. The Kier molecular flexibility index (Phi) is 7.57. The highest BCUT2D eigenvalue weighted by Gasteiger charge is 2.37. The van der Waals surface area contributed by atoms with Gasteiger partial charge in [0.15, 0.2) is 0 Å². The number of carboxylic acid groups (broad SMARTS) is 1. The smallest absolute Gasteiger partial charge is 0.329 e. The summed E-state index contributed by atoms with van der Waals surface area (Å²) in [6, 6.07) is -0.514. The third kappa shape index (κ3) is 5.00. The van der Waals surface area contributed by atoms with Crippen molar-refractivity contribution in [3.05, 3.63) is 0 Å². The number of urea groups is 1. The molecule has 6 heteroatoms. The van der Waals surface area contributed by atoms with Gasteiger partial charge in [-0.1, -0.05) is 13.8 Å². The van der Waals surface area contributed by atoms with Crippen molar-refractivity contribution >= 4 is 12.0 Å². The van der Waals surface area contributed by atoms with E-state index in [1.807, 2.05) is 20.8 Å². The Bertz CT molecular complexity index is 329. The quantitative estimate of drug-likeness (QED) is 0.715. The summed E-state index contributed by atoms with van der Waals surface area (Å²) < 4.78 is 5.35. The Morgan fingerprint density at radius 1 is 1.30 bits per heavy atom. The third-order valence-corrected chi connectivity index (χ3v) is 3.37. The summed E-state index contributed by atoms with van der Waals surface area (Å²) in [4.78, 5) is 24.9. The average Bonchev–Trinajstić information content (AvgIpc) is 2.34. The summed E-state index contributed by atoms with van der Waals surface area (Å²) in [5, 5.41) is 12.1. The second-order valence-electron chi connectivity index (χ2n) is 5.57. The number of amides is 2. The molecular formula is C14H28N2O4. The number of likely N-dealkylation sites (N-methyl/N-ethyl adjacent to an activating group) is 1. The summed E-state index contributed by atoms with van der Waals surface area (Å²) in [5.41, 5.74) is -1.24. The largest absolute Gasteiger partial charge is 0.480 e. The fourth-order valence-corrected chi connectivity index (χ4v) is 1.79. The van der Waals surface area contributed by atoms with E-state index < -0.39 is 11.5 Å². The molecule has 0 bridgehead atoms. The second kappa shape index (κ2) is 8.09. The van der Waals surface area contributed by atoms with Gasteiger partial charge in [-0.15, -0.1) is 0 Å². The molecule has 0 rings (SSSR count). The molecule has 6 nitrogen and oxygen atoms in total. The molecule has 20 heavy (non-hydrogen) atoms. The first-order valence-electron chi connectivity index (χ1n) is 7.07. The van der Waals surface area contributed by atoms with Crippen molar-refractivity contribution in [2.45, 2.75) is 53.1 Å². The van der Waals surface area contributed by atoms with E-state index >= 15 is 0 Å². The lowest BCUT2D eigenvalue weighted by Gasteiger charge is -2.36. The number of ether oxygens (including phenoxy) is 1. The number of rotatable bonds is 8. The normalized spacial score (nSPS) is 13.2. The highest BCUT2D eigenvalue weighted by atomic mass is 16.5. The van der Waals surface area contributed by atoms with Gasteiger partial charge in [0.25, 0.3) is 0 Å². The molecule has 2 amide bonds. The maximum absolute atomic E-state index is 12.3. The standard InChI is InChI=1S/C14H28N2O4/c1-7-16(14(5,6)12(17)18)13(19)15-11(10(3)4)9-20-8-2/h10-11H,7-9H2,1-6H3,(H,15,19)(H,17,18). The lowest BCUT2D eigenvalue weighted by atomic mass is 10.0. The topological polar surface area (TPSA) is 78.9 Å². The minimum atomic E-state index is -1.24. The fourth-order valence-electron chi connectivity index (χ4n) is 1.79. The first-order chi connectivity index (χ1) is 9.18. The molecule has 0 saturated carbocycles. The molecule has 0 heterocycles. The van der Waals surface area contributed by atoms with Crippen LogP contribution in [0.2, 0.25) is 0 Å². The number of carbonyl (C=O) groups is 2. The minimum absolute atomic E-state index is 0.138. The molecule has 0 aliphatic heterocycles. The first kappa shape index (κ1) is 18.7. The zero-order valence-corrected chi connectivity index (χ0v) is 13.4. The molecule has 0 saturated heterocycles. The van der Waals surface area contributed by atoms with Crippen molar-refractivity contribution in [3.63, 3.8) is 0 Å². The summed E-state index contributed by atoms with van der Waals surface area (Å²) in [5.74, 6) is -0.822. The molecule has 118 valence electrons. The number of hydrogen-bond acceptors (Lipinski definition) is 3. The van der Waals surface area contributed by atoms with Crippen molar-refractivity contribution in [1.29, 1.82) is 0 Å². The van der Waals surface area contributed by atoms with Crippen LogP contribution in [0.1, 0.15) is 41.5 Å². The van der Waals surface area contributed by atoms with Crippen LogP contribution in [-0.2, 0) is 9.53 Å². The zero-order valence-electron chi connectivity index (χ0n) is 13.4. The van der Waals surface area contributed by atoms with Crippen molar-refractivity contribution in [2.24, 2.45) is 5.92 Å². The summed E-state index contributed by atoms with van der Waals surface area (Å²) >= 11 is 0. The minimum Gasteiger partial charge on any atom is -0.480 e. The highest BCUT2D eigenvalue weighted by molar-refractivity contribution is 5.85. The Hall–Kier alpha value is -1.30. The molecule has 0 aliphatic carbocycles. The van der Waals surface area contributed by atoms with Gasteiger partial charge in [-0.2, -0.15) is 0 Å². The molecule has 0 aromatic heterocycles. The van der Waals surface area contributed by atoms with Crippen LogP contribution >= 0.6 is 0 Å². The van der Waals surface area contributed by atoms with Gasteiger partial charge in [0.05, 0.1) is 12.6 Å². The molecular weight excluding hydrogens is 260 g/mol. The number of carbonyl (C=O) groups excluding carboxylic acids is 1. The van der Waals surface area contributed by atoms with E-state index in [1.54, 1.807) is 6.92 Å².